The smallest absolute Gasteiger partial charge is 0.271 e. The van der Waals surface area contributed by atoms with Crippen LogP contribution in [-0.2, 0) is 6.54 Å². The van der Waals surface area contributed by atoms with Crippen LogP contribution in [-0.4, -0.2) is 25.8 Å². The largest absolute Gasteiger partial charge is 0.494 e. The Labute approximate surface area is 175 Å². The molecule has 150 valence electrons. The Balaban J connectivity index is 2.10. The van der Waals surface area contributed by atoms with Gasteiger partial charge in [0.05, 0.1) is 27.7 Å². The summed E-state index contributed by atoms with van der Waals surface area (Å²) in [6, 6.07) is 9.05. The van der Waals surface area contributed by atoms with E-state index < -0.39 is 10.5 Å². The van der Waals surface area contributed by atoms with Crippen LogP contribution in [0.2, 0.25) is 5.02 Å². The van der Waals surface area contributed by atoms with Crippen LogP contribution >= 0.6 is 11.6 Å². The van der Waals surface area contributed by atoms with E-state index in [1.54, 1.807) is 24.5 Å². The highest BCUT2D eigenvalue weighted by Gasteiger charge is 2.18. The molecule has 0 aliphatic rings. The van der Waals surface area contributed by atoms with Crippen molar-refractivity contribution < 1.29 is 10.0 Å². The number of pyridine rings is 2. The molecule has 9 nitrogen and oxygen atoms in total. The van der Waals surface area contributed by atoms with E-state index in [9.17, 15) is 25.3 Å². The van der Waals surface area contributed by atoms with Gasteiger partial charge in [-0.15, -0.1) is 0 Å². The predicted octanol–water partition coefficient (Wildman–Crippen LogP) is 3.49. The van der Waals surface area contributed by atoms with Crippen LogP contribution in [0.4, 0.5) is 11.4 Å². The number of rotatable bonds is 5. The lowest BCUT2D eigenvalue weighted by Crippen LogP contribution is -2.26. The van der Waals surface area contributed by atoms with Gasteiger partial charge in [-0.3, -0.25) is 29.5 Å². The molecule has 0 atom stereocenters. The number of hydrogen-bond acceptors (Lipinski definition) is 7. The van der Waals surface area contributed by atoms with E-state index in [1.807, 2.05) is 6.07 Å². The number of non-ortho nitro benzene ring substituents is 1. The second-order valence-electron chi connectivity index (χ2n) is 6.25. The molecule has 0 unspecified atom stereocenters. The van der Waals surface area contributed by atoms with Crippen molar-refractivity contribution in [1.82, 2.24) is 9.55 Å². The fourth-order valence-corrected chi connectivity index (χ4v) is 3.02. The van der Waals surface area contributed by atoms with E-state index in [4.69, 9.17) is 11.6 Å². The lowest BCUT2D eigenvalue weighted by Gasteiger charge is -2.14. The van der Waals surface area contributed by atoms with Gasteiger partial charge in [0.15, 0.2) is 0 Å². The Morgan fingerprint density at radius 2 is 2.20 bits per heavy atom. The highest BCUT2D eigenvalue weighted by molar-refractivity contribution is 6.33. The maximum Gasteiger partial charge on any atom is 0.271 e. The Morgan fingerprint density at radius 1 is 1.43 bits per heavy atom. The van der Waals surface area contributed by atoms with Crippen LogP contribution in [0.3, 0.4) is 0 Å². The molecule has 1 aromatic carbocycles. The van der Waals surface area contributed by atoms with Gasteiger partial charge in [-0.1, -0.05) is 17.7 Å². The van der Waals surface area contributed by atoms with Gasteiger partial charge in [-0.2, -0.15) is 5.26 Å². The second-order valence-corrected chi connectivity index (χ2v) is 6.66. The molecule has 3 aromatic rings. The van der Waals surface area contributed by atoms with Crippen molar-refractivity contribution >= 4 is 29.2 Å². The first-order chi connectivity index (χ1) is 14.3. The molecule has 0 saturated carbocycles. The number of aromatic nitrogens is 2. The van der Waals surface area contributed by atoms with Crippen molar-refractivity contribution in [3.05, 3.63) is 90.5 Å². The molecule has 0 fully saturated rings. The fourth-order valence-electron chi connectivity index (χ4n) is 2.79. The topological polar surface area (TPSA) is 134 Å². The zero-order valence-corrected chi connectivity index (χ0v) is 16.4. The third kappa shape index (κ3) is 4.04. The van der Waals surface area contributed by atoms with Gasteiger partial charge < -0.3 is 5.11 Å². The van der Waals surface area contributed by atoms with Gasteiger partial charge in [0.25, 0.3) is 11.2 Å². The quantitative estimate of drug-likeness (QED) is 0.379. The molecule has 2 heterocycles. The van der Waals surface area contributed by atoms with Gasteiger partial charge in [0.1, 0.15) is 11.6 Å². The summed E-state index contributed by atoms with van der Waals surface area (Å²) in [5, 5.41) is 31.0. The molecule has 0 amide bonds. The summed E-state index contributed by atoms with van der Waals surface area (Å²) in [7, 11) is 0. The molecular weight excluding hydrogens is 410 g/mol. The molecule has 0 aliphatic carbocycles. The number of halogens is 1. The standard InChI is InChI=1S/C20H14ClN5O4/c1-12-15(8-22)19(27)25(11-13-3-2-6-23-9-13)20(28)16(12)10-24-18-5-4-14(26(29)30)7-17(18)21/h2-7,9-10,28H,11H2,1H3. The first-order valence-corrected chi connectivity index (χ1v) is 8.94. The van der Waals surface area contributed by atoms with Gasteiger partial charge in [0, 0.05) is 30.7 Å². The number of aromatic hydroxyl groups is 1. The number of hydrogen-bond donors (Lipinski definition) is 1. The SMILES string of the molecule is Cc1c(C=Nc2ccc([N+](=O)[O-])cc2Cl)c(O)n(Cc2cccnc2)c(=O)c1C#N. The molecule has 10 heteroatoms. The third-order valence-corrected chi connectivity index (χ3v) is 4.69. The van der Waals surface area contributed by atoms with Crippen molar-refractivity contribution in [2.75, 3.05) is 0 Å². The van der Waals surface area contributed by atoms with E-state index in [0.717, 1.165) is 10.6 Å². The Bertz CT molecular complexity index is 1260. The highest BCUT2D eigenvalue weighted by Crippen LogP contribution is 2.29. The molecule has 3 rings (SSSR count). The van der Waals surface area contributed by atoms with Crippen LogP contribution in [0.15, 0.2) is 52.5 Å². The van der Waals surface area contributed by atoms with Crippen molar-refractivity contribution in [3.8, 4) is 11.9 Å². The molecule has 0 saturated heterocycles. The lowest BCUT2D eigenvalue weighted by atomic mass is 10.1. The molecule has 30 heavy (non-hydrogen) atoms. The zero-order valence-electron chi connectivity index (χ0n) is 15.6. The average Bonchev–Trinajstić information content (AvgIpc) is 2.73. The van der Waals surface area contributed by atoms with Crippen LogP contribution in [0, 0.1) is 28.4 Å². The Kier molecular flexibility index (Phi) is 5.90. The number of aliphatic imine (C=N–C) groups is 1. The van der Waals surface area contributed by atoms with Gasteiger partial charge in [0.2, 0.25) is 5.88 Å². The molecule has 0 aliphatic heterocycles. The monoisotopic (exact) mass is 423 g/mol. The van der Waals surface area contributed by atoms with Crippen molar-refractivity contribution in [1.29, 1.82) is 5.26 Å². The number of nitriles is 1. The fraction of sp³-hybridized carbons (Fsp3) is 0.100. The molecule has 1 N–H and O–H groups in total. The van der Waals surface area contributed by atoms with Crippen molar-refractivity contribution in [2.24, 2.45) is 4.99 Å². The minimum absolute atomic E-state index is 0.00654. The van der Waals surface area contributed by atoms with E-state index >= 15 is 0 Å². The highest BCUT2D eigenvalue weighted by atomic mass is 35.5. The van der Waals surface area contributed by atoms with E-state index in [1.165, 1.54) is 25.3 Å². The molecule has 0 spiro atoms. The minimum Gasteiger partial charge on any atom is -0.494 e. The maximum atomic E-state index is 12.7. The summed E-state index contributed by atoms with van der Waals surface area (Å²) >= 11 is 6.05. The van der Waals surface area contributed by atoms with Gasteiger partial charge in [-0.05, 0) is 30.2 Å². The summed E-state index contributed by atoms with van der Waals surface area (Å²) in [6.45, 7) is 1.53. The van der Waals surface area contributed by atoms with Gasteiger partial charge >= 0.3 is 0 Å². The third-order valence-electron chi connectivity index (χ3n) is 4.38. The summed E-state index contributed by atoms with van der Waals surface area (Å²) in [4.78, 5) is 31.1. The predicted molar refractivity (Wildman–Crippen MR) is 111 cm³/mol. The summed E-state index contributed by atoms with van der Waals surface area (Å²) in [5.74, 6) is -0.373. The van der Waals surface area contributed by atoms with E-state index in [0.29, 0.717) is 5.56 Å². The van der Waals surface area contributed by atoms with Crippen LogP contribution in [0.5, 0.6) is 5.88 Å². The number of nitrogens with zero attached hydrogens (tertiary/aromatic N) is 5. The van der Waals surface area contributed by atoms with Gasteiger partial charge in [-0.25, -0.2) is 0 Å². The minimum atomic E-state index is -0.637. The molecule has 0 bridgehead atoms. The van der Waals surface area contributed by atoms with Crippen LogP contribution in [0.25, 0.3) is 0 Å². The molecule has 2 aromatic heterocycles. The summed E-state index contributed by atoms with van der Waals surface area (Å²) in [6.07, 6.45) is 4.38. The van der Waals surface area contributed by atoms with E-state index in [2.05, 4.69) is 9.98 Å². The normalized spacial score (nSPS) is 10.8. The summed E-state index contributed by atoms with van der Waals surface area (Å²) < 4.78 is 1.06. The lowest BCUT2D eigenvalue weighted by molar-refractivity contribution is -0.384. The number of nitro benzene ring substituents is 1. The maximum absolute atomic E-state index is 12.7. The summed E-state index contributed by atoms with van der Waals surface area (Å²) in [5.41, 5.74) is 0.340. The number of nitro groups is 1. The van der Waals surface area contributed by atoms with E-state index in [-0.39, 0.29) is 45.5 Å². The van der Waals surface area contributed by atoms with Crippen LogP contribution < -0.4 is 5.56 Å². The molecular formula is C20H14ClN5O4. The average molecular weight is 424 g/mol. The number of benzene rings is 1. The zero-order chi connectivity index (χ0) is 21.8. The van der Waals surface area contributed by atoms with Crippen molar-refractivity contribution in [3.63, 3.8) is 0 Å². The first-order valence-electron chi connectivity index (χ1n) is 8.56. The Hall–Kier alpha value is -4.03. The van der Waals surface area contributed by atoms with Crippen LogP contribution in [0.1, 0.15) is 22.3 Å². The van der Waals surface area contributed by atoms with Crippen molar-refractivity contribution in [2.45, 2.75) is 13.5 Å². The second kappa shape index (κ2) is 8.55. The molecule has 0 radical (unpaired) electrons. The first kappa shape index (κ1) is 20.7. The Morgan fingerprint density at radius 3 is 2.80 bits per heavy atom.